The Balaban J connectivity index is 5.03. The average molecular weight is 642 g/mol. The van der Waals surface area contributed by atoms with E-state index >= 15 is 0 Å². The minimum atomic E-state index is -0.991. The Morgan fingerprint density at radius 2 is 1.20 bits per heavy atom. The third kappa shape index (κ3) is 22.6. The Labute approximate surface area is 265 Å². The first-order valence-electron chi connectivity index (χ1n) is 15.1. The molecule has 0 heterocycles. The topological polar surface area (TPSA) is 200 Å². The molecule has 0 aliphatic carbocycles. The molecule has 45 heavy (non-hydrogen) atoms. The van der Waals surface area contributed by atoms with Crippen molar-refractivity contribution < 1.29 is 52.6 Å². The average Bonchev–Trinajstić information content (AvgIpc) is 2.90. The van der Waals surface area contributed by atoms with E-state index in [1.807, 2.05) is 0 Å². The van der Waals surface area contributed by atoms with Crippen molar-refractivity contribution in [1.82, 2.24) is 16.0 Å². The van der Waals surface area contributed by atoms with Gasteiger partial charge < -0.3 is 39.8 Å². The number of hydrogen-bond donors (Lipinski definition) is 3. The summed E-state index contributed by atoms with van der Waals surface area (Å²) >= 11 is 0. The molecule has 0 fully saturated rings. The molecule has 0 radical (unpaired) electrons. The number of Topliss-reactive ketones (excluding diaryl/α,β-unsaturated/α-hetero) is 5. The van der Waals surface area contributed by atoms with Crippen molar-refractivity contribution in [2.75, 3.05) is 33.0 Å². The van der Waals surface area contributed by atoms with Crippen LogP contribution in [0.25, 0.3) is 0 Å². The van der Waals surface area contributed by atoms with Crippen LogP contribution in [0.5, 0.6) is 0 Å². The zero-order valence-corrected chi connectivity index (χ0v) is 27.7. The van der Waals surface area contributed by atoms with Gasteiger partial charge in [0.15, 0.2) is 17.3 Å². The summed E-state index contributed by atoms with van der Waals surface area (Å²) in [6.07, 6.45) is -0.658. The highest BCUT2D eigenvalue weighted by Gasteiger charge is 2.27. The molecule has 0 aromatic rings. The van der Waals surface area contributed by atoms with Crippen LogP contribution in [0.15, 0.2) is 0 Å². The standard InChI is InChI=1S/C31H51N3O11/c1-20(35)8-11-26(22(3)37)33-28(40)13-10-24(29(41)34-27(23(4)38)12-9-21(2)36)18-25(39)19-44-17-16-43-15-14-32-30(42)45-31(5,6)7/h24,26-27H,8-19H2,1-7H3,(H,32,42)(H,33,40)(H,34,41). The van der Waals surface area contributed by atoms with E-state index in [9.17, 15) is 38.4 Å². The largest absolute Gasteiger partial charge is 0.444 e. The van der Waals surface area contributed by atoms with Gasteiger partial charge in [-0.1, -0.05) is 0 Å². The second-order valence-corrected chi connectivity index (χ2v) is 12.0. The number of alkyl carbamates (subject to hydrolysis) is 1. The Bertz CT molecular complexity index is 1040. The van der Waals surface area contributed by atoms with E-state index in [1.54, 1.807) is 20.8 Å². The molecular formula is C31H51N3O11. The predicted molar refractivity (Wildman–Crippen MR) is 163 cm³/mol. The smallest absolute Gasteiger partial charge is 0.407 e. The molecule has 3 N–H and O–H groups in total. The van der Waals surface area contributed by atoms with Crippen LogP contribution in [0.3, 0.4) is 0 Å². The quantitative estimate of drug-likeness (QED) is 0.130. The molecule has 0 saturated carbocycles. The van der Waals surface area contributed by atoms with E-state index < -0.39 is 47.3 Å². The Morgan fingerprint density at radius 3 is 1.71 bits per heavy atom. The summed E-state index contributed by atoms with van der Waals surface area (Å²) in [4.78, 5) is 96.7. The van der Waals surface area contributed by atoms with Gasteiger partial charge in [-0.2, -0.15) is 0 Å². The maximum Gasteiger partial charge on any atom is 0.407 e. The molecule has 0 aliphatic rings. The van der Waals surface area contributed by atoms with Crippen molar-refractivity contribution in [2.24, 2.45) is 5.92 Å². The Kier molecular flexibility index (Phi) is 20.3. The molecule has 0 bridgehead atoms. The van der Waals surface area contributed by atoms with Gasteiger partial charge in [-0.25, -0.2) is 4.79 Å². The maximum atomic E-state index is 13.1. The number of nitrogens with one attached hydrogen (secondary N) is 3. The van der Waals surface area contributed by atoms with Crippen LogP contribution in [-0.4, -0.2) is 97.5 Å². The molecule has 0 aliphatic heterocycles. The summed E-state index contributed by atoms with van der Waals surface area (Å²) in [6.45, 7) is 10.9. The van der Waals surface area contributed by atoms with Crippen LogP contribution in [0.2, 0.25) is 0 Å². The number of hydrogen-bond acceptors (Lipinski definition) is 11. The van der Waals surface area contributed by atoms with Crippen molar-refractivity contribution in [3.63, 3.8) is 0 Å². The third-order valence-electron chi connectivity index (χ3n) is 6.32. The van der Waals surface area contributed by atoms with Gasteiger partial charge in [0.1, 0.15) is 23.8 Å². The van der Waals surface area contributed by atoms with Crippen molar-refractivity contribution in [3.05, 3.63) is 0 Å². The first-order valence-corrected chi connectivity index (χ1v) is 15.1. The lowest BCUT2D eigenvalue weighted by molar-refractivity contribution is -0.134. The molecular weight excluding hydrogens is 590 g/mol. The lowest BCUT2D eigenvalue weighted by Crippen LogP contribution is -2.44. The molecule has 0 aromatic heterocycles. The summed E-state index contributed by atoms with van der Waals surface area (Å²) in [5, 5.41) is 7.71. The van der Waals surface area contributed by atoms with Gasteiger partial charge in [0.2, 0.25) is 11.8 Å². The van der Waals surface area contributed by atoms with Gasteiger partial charge in [-0.05, 0) is 67.7 Å². The van der Waals surface area contributed by atoms with Gasteiger partial charge in [-0.3, -0.25) is 24.0 Å². The molecule has 3 unspecified atom stereocenters. The van der Waals surface area contributed by atoms with Crippen LogP contribution in [-0.2, 0) is 47.8 Å². The fourth-order valence-electron chi connectivity index (χ4n) is 3.92. The number of carbonyl (C=O) groups is 8. The summed E-state index contributed by atoms with van der Waals surface area (Å²) < 4.78 is 15.8. The summed E-state index contributed by atoms with van der Waals surface area (Å²) in [6, 6.07) is -1.78. The van der Waals surface area contributed by atoms with Crippen LogP contribution in [0, 0.1) is 5.92 Å². The maximum absolute atomic E-state index is 13.1. The Hall–Kier alpha value is -3.52. The van der Waals surface area contributed by atoms with E-state index in [2.05, 4.69) is 16.0 Å². The van der Waals surface area contributed by atoms with Crippen molar-refractivity contribution in [1.29, 1.82) is 0 Å². The zero-order valence-electron chi connectivity index (χ0n) is 27.7. The van der Waals surface area contributed by atoms with Gasteiger partial charge in [0.25, 0.3) is 0 Å². The summed E-state index contributed by atoms with van der Waals surface area (Å²) in [5.74, 6) is -3.51. The fraction of sp³-hybridized carbons (Fsp3) is 0.742. The highest BCUT2D eigenvalue weighted by atomic mass is 16.6. The molecule has 0 aromatic carbocycles. The zero-order chi connectivity index (χ0) is 34.6. The molecule has 256 valence electrons. The number of ether oxygens (including phenoxy) is 3. The van der Waals surface area contributed by atoms with Crippen LogP contribution < -0.4 is 16.0 Å². The Morgan fingerprint density at radius 1 is 0.667 bits per heavy atom. The van der Waals surface area contributed by atoms with E-state index in [1.165, 1.54) is 27.7 Å². The van der Waals surface area contributed by atoms with Crippen molar-refractivity contribution >= 4 is 46.8 Å². The lowest BCUT2D eigenvalue weighted by Gasteiger charge is -2.21. The SMILES string of the molecule is CC(=O)CCC(NC(=O)CCC(CC(=O)COCCOCCNC(=O)OC(C)(C)C)C(=O)NC(CCC(C)=O)C(C)=O)C(C)=O. The van der Waals surface area contributed by atoms with Crippen LogP contribution in [0.4, 0.5) is 4.79 Å². The first-order chi connectivity index (χ1) is 20.9. The summed E-state index contributed by atoms with van der Waals surface area (Å²) in [5.41, 5.74) is -0.614. The van der Waals surface area contributed by atoms with Crippen molar-refractivity contribution in [2.45, 2.75) is 111 Å². The highest BCUT2D eigenvalue weighted by molar-refractivity contribution is 5.92. The molecule has 14 heteroatoms. The minimum absolute atomic E-state index is 0.0637. The van der Waals surface area contributed by atoms with Gasteiger partial charge in [0, 0.05) is 38.1 Å². The highest BCUT2D eigenvalue weighted by Crippen LogP contribution is 2.15. The van der Waals surface area contributed by atoms with E-state index in [0.717, 1.165) is 0 Å². The fourth-order valence-corrected chi connectivity index (χ4v) is 3.92. The van der Waals surface area contributed by atoms with E-state index in [0.29, 0.717) is 0 Å². The molecule has 3 atom stereocenters. The van der Waals surface area contributed by atoms with Gasteiger partial charge in [-0.15, -0.1) is 0 Å². The number of carbonyl (C=O) groups excluding carboxylic acids is 8. The monoisotopic (exact) mass is 641 g/mol. The number of rotatable bonds is 24. The minimum Gasteiger partial charge on any atom is -0.444 e. The summed E-state index contributed by atoms with van der Waals surface area (Å²) in [7, 11) is 0. The third-order valence-corrected chi connectivity index (χ3v) is 6.32. The first kappa shape index (κ1) is 41.5. The second-order valence-electron chi connectivity index (χ2n) is 12.0. The van der Waals surface area contributed by atoms with E-state index in [4.69, 9.17) is 14.2 Å². The lowest BCUT2D eigenvalue weighted by atomic mass is 9.94. The van der Waals surface area contributed by atoms with Gasteiger partial charge in [0.05, 0.1) is 31.9 Å². The van der Waals surface area contributed by atoms with Crippen molar-refractivity contribution in [3.8, 4) is 0 Å². The molecule has 0 rings (SSSR count). The number of amides is 3. The van der Waals surface area contributed by atoms with E-state index in [-0.39, 0.29) is 101 Å². The predicted octanol–water partition coefficient (Wildman–Crippen LogP) is 1.79. The van der Waals surface area contributed by atoms with Gasteiger partial charge >= 0.3 is 6.09 Å². The second kappa shape index (κ2) is 22.1. The van der Waals surface area contributed by atoms with Crippen LogP contribution >= 0.6 is 0 Å². The molecule has 14 nitrogen and oxygen atoms in total. The normalized spacial score (nSPS) is 13.1. The molecule has 0 spiro atoms. The molecule has 0 saturated heterocycles. The molecule has 3 amide bonds. The number of ketones is 5. The van der Waals surface area contributed by atoms with Crippen LogP contribution in [0.1, 0.15) is 93.4 Å².